The second-order valence-electron chi connectivity index (χ2n) is 7.40. The molecule has 2 amide bonds. The summed E-state index contributed by atoms with van der Waals surface area (Å²) in [5.74, 6) is 5.19. The minimum atomic E-state index is -0.717. The van der Waals surface area contributed by atoms with E-state index in [-0.39, 0.29) is 5.91 Å². The van der Waals surface area contributed by atoms with E-state index in [1.165, 1.54) is 11.9 Å². The van der Waals surface area contributed by atoms with Crippen LogP contribution in [0.5, 0.6) is 0 Å². The Hall–Kier alpha value is -4.04. The smallest absolute Gasteiger partial charge is 0.410 e. The number of terminal acetylenes is 2. The lowest BCUT2D eigenvalue weighted by Crippen LogP contribution is -2.45. The van der Waals surface area contributed by atoms with Crippen LogP contribution in [0.1, 0.15) is 39.1 Å². The maximum atomic E-state index is 12.2. The normalized spacial score (nSPS) is 10.9. The first-order valence-corrected chi connectivity index (χ1v) is 9.36. The van der Waals surface area contributed by atoms with E-state index < -0.39 is 17.7 Å². The molecule has 0 aliphatic heterocycles. The molecule has 31 heavy (non-hydrogen) atoms. The molecule has 0 radical (unpaired) electrons. The molecule has 0 saturated heterocycles. The van der Waals surface area contributed by atoms with Crippen LogP contribution in [0.2, 0.25) is 0 Å². The number of nitrogens with one attached hydrogen (secondary N) is 1. The first-order chi connectivity index (χ1) is 14.5. The zero-order valence-corrected chi connectivity index (χ0v) is 18.3. The number of hydrogen-bond acceptors (Lipinski definition) is 6. The van der Waals surface area contributed by atoms with Crippen LogP contribution in [0.25, 0.3) is 0 Å². The molecule has 8 nitrogen and oxygen atoms in total. The molecule has 0 saturated carbocycles. The third-order valence-electron chi connectivity index (χ3n) is 3.71. The number of anilines is 2. The number of rotatable bonds is 3. The fraction of sp³-hybridized carbons (Fsp3) is 0.304. The summed E-state index contributed by atoms with van der Waals surface area (Å²) in [5, 5.41) is 2.62. The van der Waals surface area contributed by atoms with Crippen molar-refractivity contribution < 1.29 is 14.3 Å². The molecule has 3 N–H and O–H groups in total. The number of nitrogen functional groups attached to an aromatic ring is 1. The van der Waals surface area contributed by atoms with E-state index in [0.717, 1.165) is 0 Å². The van der Waals surface area contributed by atoms with Gasteiger partial charge in [0.25, 0.3) is 0 Å². The Morgan fingerprint density at radius 3 is 2.13 bits per heavy atom. The van der Waals surface area contributed by atoms with Crippen molar-refractivity contribution in [3.8, 4) is 24.7 Å². The lowest BCUT2D eigenvalue weighted by Gasteiger charge is -2.28. The minimum Gasteiger partial charge on any atom is -0.444 e. The van der Waals surface area contributed by atoms with Crippen molar-refractivity contribution in [2.75, 3.05) is 18.1 Å². The van der Waals surface area contributed by atoms with Gasteiger partial charge in [-0.15, -0.1) is 12.8 Å². The minimum absolute atomic E-state index is 0.338. The van der Waals surface area contributed by atoms with Gasteiger partial charge in [0, 0.05) is 7.05 Å². The van der Waals surface area contributed by atoms with Gasteiger partial charge in [-0.05, 0) is 52.0 Å². The number of likely N-dealkylation sites (N-methyl/N-ethyl adjacent to an activating group) is 1. The molecule has 8 heteroatoms. The molecule has 0 aromatic carbocycles. The van der Waals surface area contributed by atoms with Crippen LogP contribution >= 0.6 is 0 Å². The number of carbonyl (C=O) groups excluding carboxylic acids is 2. The Bertz CT molecular complexity index is 999. The van der Waals surface area contributed by atoms with E-state index in [1.807, 2.05) is 0 Å². The zero-order valence-electron chi connectivity index (χ0n) is 18.3. The standard InChI is InChI=1S/C16H21N3O3.C7H6N2/c1-7-12-9-8-10-13(17-12)18-14(20)11(2)19(6)15(21)22-16(3,4)5;1-2-6-4-3-5-7(8)9-6/h1,8-11H,2-6H3,(H,17,18,20);1,3-5H,(H2,8,9)/t11-;/m0./s1. The van der Waals surface area contributed by atoms with Gasteiger partial charge in [-0.3, -0.25) is 9.69 Å². The van der Waals surface area contributed by atoms with Crippen LogP contribution in [-0.4, -0.2) is 45.6 Å². The summed E-state index contributed by atoms with van der Waals surface area (Å²) in [4.78, 5) is 33.2. The van der Waals surface area contributed by atoms with Crippen LogP contribution in [-0.2, 0) is 9.53 Å². The number of hydrogen-bond donors (Lipinski definition) is 2. The fourth-order valence-corrected chi connectivity index (χ4v) is 2.02. The van der Waals surface area contributed by atoms with Gasteiger partial charge in [-0.1, -0.05) is 24.0 Å². The van der Waals surface area contributed by atoms with Crippen molar-refractivity contribution in [3.05, 3.63) is 47.8 Å². The Morgan fingerprint density at radius 2 is 1.65 bits per heavy atom. The summed E-state index contributed by atoms with van der Waals surface area (Å²) >= 11 is 0. The first kappa shape index (κ1) is 25.0. The predicted molar refractivity (Wildman–Crippen MR) is 121 cm³/mol. The lowest BCUT2D eigenvalue weighted by atomic mass is 10.2. The second-order valence-corrected chi connectivity index (χ2v) is 7.40. The van der Waals surface area contributed by atoms with E-state index in [0.29, 0.717) is 23.0 Å². The molecular weight excluding hydrogens is 394 g/mol. The number of ether oxygens (including phenoxy) is 1. The van der Waals surface area contributed by atoms with Gasteiger partial charge in [0.15, 0.2) is 0 Å². The molecule has 2 aromatic rings. The summed E-state index contributed by atoms with van der Waals surface area (Å²) in [5.41, 5.74) is 5.71. The van der Waals surface area contributed by atoms with Gasteiger partial charge >= 0.3 is 6.09 Å². The van der Waals surface area contributed by atoms with Crippen LogP contribution in [0.15, 0.2) is 36.4 Å². The molecule has 2 rings (SSSR count). The lowest BCUT2D eigenvalue weighted by molar-refractivity contribution is -0.120. The van der Waals surface area contributed by atoms with Crippen LogP contribution < -0.4 is 11.1 Å². The molecule has 0 aliphatic rings. The number of nitrogens with two attached hydrogens (primary N) is 1. The highest BCUT2D eigenvalue weighted by molar-refractivity contribution is 5.95. The number of aromatic nitrogens is 2. The Kier molecular flexibility index (Phi) is 9.05. The van der Waals surface area contributed by atoms with Crippen molar-refractivity contribution in [3.63, 3.8) is 0 Å². The highest BCUT2D eigenvalue weighted by Crippen LogP contribution is 2.12. The summed E-state index contributed by atoms with van der Waals surface area (Å²) in [6.45, 7) is 6.89. The Balaban J connectivity index is 0.000000442. The molecular formula is C23H27N5O3. The van der Waals surface area contributed by atoms with Gasteiger partial charge in [-0.2, -0.15) is 0 Å². The third-order valence-corrected chi connectivity index (χ3v) is 3.71. The maximum absolute atomic E-state index is 12.2. The van der Waals surface area contributed by atoms with E-state index in [4.69, 9.17) is 23.3 Å². The summed E-state index contributed by atoms with van der Waals surface area (Å²) in [6.07, 6.45) is 9.74. The van der Waals surface area contributed by atoms with Crippen molar-refractivity contribution >= 4 is 23.6 Å². The van der Waals surface area contributed by atoms with Crippen LogP contribution in [0.4, 0.5) is 16.4 Å². The molecule has 2 heterocycles. The van der Waals surface area contributed by atoms with Crippen molar-refractivity contribution in [1.82, 2.24) is 14.9 Å². The molecule has 162 valence electrons. The average molecular weight is 422 g/mol. The summed E-state index contributed by atoms with van der Waals surface area (Å²) in [6, 6.07) is 9.46. The van der Waals surface area contributed by atoms with Crippen molar-refractivity contribution in [2.24, 2.45) is 0 Å². The van der Waals surface area contributed by atoms with Crippen LogP contribution in [0.3, 0.4) is 0 Å². The molecule has 0 spiro atoms. The zero-order chi connectivity index (χ0) is 23.6. The third kappa shape index (κ3) is 8.88. The molecule has 0 fully saturated rings. The van der Waals surface area contributed by atoms with Crippen molar-refractivity contribution in [2.45, 2.75) is 39.3 Å². The molecule has 0 aliphatic carbocycles. The van der Waals surface area contributed by atoms with E-state index in [9.17, 15) is 9.59 Å². The average Bonchev–Trinajstić information content (AvgIpc) is 2.71. The van der Waals surface area contributed by atoms with E-state index in [2.05, 4.69) is 27.1 Å². The van der Waals surface area contributed by atoms with Gasteiger partial charge in [0.1, 0.15) is 34.7 Å². The topological polar surface area (TPSA) is 110 Å². The second kappa shape index (κ2) is 11.2. The summed E-state index contributed by atoms with van der Waals surface area (Å²) in [7, 11) is 1.50. The van der Waals surface area contributed by atoms with E-state index in [1.54, 1.807) is 64.1 Å². The number of pyridine rings is 2. The largest absolute Gasteiger partial charge is 0.444 e. The molecule has 0 unspecified atom stereocenters. The molecule has 2 aromatic heterocycles. The van der Waals surface area contributed by atoms with Gasteiger partial charge in [0.2, 0.25) is 5.91 Å². The molecule has 0 bridgehead atoms. The van der Waals surface area contributed by atoms with E-state index >= 15 is 0 Å². The van der Waals surface area contributed by atoms with Gasteiger partial charge < -0.3 is 15.8 Å². The van der Waals surface area contributed by atoms with Gasteiger partial charge in [-0.25, -0.2) is 14.8 Å². The number of nitrogens with zero attached hydrogens (tertiary/aromatic N) is 3. The monoisotopic (exact) mass is 421 g/mol. The fourth-order valence-electron chi connectivity index (χ4n) is 2.02. The highest BCUT2D eigenvalue weighted by atomic mass is 16.6. The quantitative estimate of drug-likeness (QED) is 0.738. The van der Waals surface area contributed by atoms with Crippen LogP contribution in [0, 0.1) is 24.7 Å². The van der Waals surface area contributed by atoms with Gasteiger partial charge in [0.05, 0.1) is 0 Å². The summed E-state index contributed by atoms with van der Waals surface area (Å²) < 4.78 is 5.22. The Morgan fingerprint density at radius 1 is 1.10 bits per heavy atom. The highest BCUT2D eigenvalue weighted by Gasteiger charge is 2.27. The first-order valence-electron chi connectivity index (χ1n) is 9.36. The van der Waals surface area contributed by atoms with Crippen molar-refractivity contribution in [1.29, 1.82) is 0 Å². The predicted octanol–water partition coefficient (Wildman–Crippen LogP) is 2.90. The maximum Gasteiger partial charge on any atom is 0.410 e. The molecule has 1 atom stereocenters. The number of carbonyl (C=O) groups is 2. The Labute approximate surface area is 183 Å². The number of amides is 2. The SMILES string of the molecule is C#Cc1cccc(N)n1.C#Cc1cccc(NC(=O)[C@H](C)N(C)C(=O)OC(C)(C)C)n1.